The largest absolute Gasteiger partial charge is 0.507 e. The Kier molecular flexibility index (Phi) is 7.52. The number of phenolic OH excluding ortho intramolecular Hbond substituents is 1. The third-order valence-corrected chi connectivity index (χ3v) is 7.59. The zero-order valence-electron chi connectivity index (χ0n) is 20.9. The summed E-state index contributed by atoms with van der Waals surface area (Å²) >= 11 is 0. The van der Waals surface area contributed by atoms with Crippen LogP contribution in [0.25, 0.3) is 0 Å². The Balaban J connectivity index is 1.35. The van der Waals surface area contributed by atoms with Crippen LogP contribution in [0.3, 0.4) is 0 Å². The third-order valence-electron chi connectivity index (χ3n) is 7.59. The van der Waals surface area contributed by atoms with Crippen molar-refractivity contribution in [3.8, 4) is 11.5 Å². The van der Waals surface area contributed by atoms with Crippen molar-refractivity contribution in [1.29, 1.82) is 0 Å². The molecule has 1 aliphatic heterocycles. The summed E-state index contributed by atoms with van der Waals surface area (Å²) in [6.45, 7) is 2.50. The van der Waals surface area contributed by atoms with E-state index >= 15 is 0 Å². The normalized spacial score (nSPS) is 17.5. The predicted octanol–water partition coefficient (Wildman–Crippen LogP) is 4.92. The van der Waals surface area contributed by atoms with Crippen molar-refractivity contribution in [2.24, 2.45) is 5.92 Å². The fourth-order valence-electron chi connectivity index (χ4n) is 5.53. The number of hydrogen-bond acceptors (Lipinski definition) is 5. The molecule has 1 saturated heterocycles. The van der Waals surface area contributed by atoms with E-state index in [2.05, 4.69) is 39.0 Å². The van der Waals surface area contributed by atoms with Gasteiger partial charge in [0.25, 0.3) is 5.91 Å². The van der Waals surface area contributed by atoms with Crippen LogP contribution in [0.4, 0.5) is 0 Å². The van der Waals surface area contributed by atoms with E-state index in [4.69, 9.17) is 4.74 Å². The van der Waals surface area contributed by atoms with Crippen molar-refractivity contribution in [3.63, 3.8) is 0 Å². The van der Waals surface area contributed by atoms with Crippen molar-refractivity contribution < 1.29 is 14.6 Å². The van der Waals surface area contributed by atoms with Crippen molar-refractivity contribution in [2.75, 3.05) is 20.2 Å². The zero-order valence-corrected chi connectivity index (χ0v) is 20.9. The molecule has 2 aromatic carbocycles. The molecule has 1 N–H and O–H groups in total. The van der Waals surface area contributed by atoms with Crippen LogP contribution in [-0.2, 0) is 13.0 Å². The van der Waals surface area contributed by atoms with Gasteiger partial charge in [0.2, 0.25) is 0 Å². The van der Waals surface area contributed by atoms with E-state index in [0.29, 0.717) is 24.2 Å². The van der Waals surface area contributed by atoms with Gasteiger partial charge in [-0.15, -0.1) is 0 Å². The molecule has 1 amide bonds. The van der Waals surface area contributed by atoms with Crippen LogP contribution in [-0.4, -0.2) is 58.1 Å². The van der Waals surface area contributed by atoms with Gasteiger partial charge in [0.05, 0.1) is 7.11 Å². The lowest BCUT2D eigenvalue weighted by Crippen LogP contribution is -2.50. The highest BCUT2D eigenvalue weighted by atomic mass is 16.5. The summed E-state index contributed by atoms with van der Waals surface area (Å²) in [4.78, 5) is 22.7. The number of aromatic nitrogens is 1. The summed E-state index contributed by atoms with van der Waals surface area (Å²) in [6.07, 6.45) is 6.70. The molecule has 1 unspecified atom stereocenters. The van der Waals surface area contributed by atoms with Crippen LogP contribution < -0.4 is 4.74 Å². The lowest BCUT2D eigenvalue weighted by molar-refractivity contribution is 0.0475. The van der Waals surface area contributed by atoms with E-state index in [9.17, 15) is 9.90 Å². The number of likely N-dealkylation sites (tertiary alicyclic amines) is 1. The topological polar surface area (TPSA) is 65.9 Å². The number of ether oxygens (including phenoxy) is 1. The second-order valence-electron chi connectivity index (χ2n) is 9.99. The average Bonchev–Trinajstić information content (AvgIpc) is 3.76. The Bertz CT molecular complexity index is 1140. The first-order chi connectivity index (χ1) is 17.6. The fourth-order valence-corrected chi connectivity index (χ4v) is 5.53. The Labute approximate surface area is 213 Å². The molecule has 3 aromatic rings. The number of methoxy groups -OCH3 is 1. The lowest BCUT2D eigenvalue weighted by Gasteiger charge is -2.42. The smallest absolute Gasteiger partial charge is 0.272 e. The monoisotopic (exact) mass is 485 g/mol. The number of benzene rings is 2. The summed E-state index contributed by atoms with van der Waals surface area (Å²) < 4.78 is 5.49. The SMILES string of the molecule is COc1cccc(O)c1CN1CCC(C(Cc2ccccc2)N(C(=O)c2ccccn2)C2CC2)CC1. The van der Waals surface area contributed by atoms with E-state index in [1.54, 1.807) is 19.4 Å². The molecule has 6 heteroatoms. The van der Waals surface area contributed by atoms with E-state index in [0.717, 1.165) is 56.5 Å². The quantitative estimate of drug-likeness (QED) is 0.466. The number of phenols is 1. The van der Waals surface area contributed by atoms with Gasteiger partial charge in [-0.3, -0.25) is 14.7 Å². The van der Waals surface area contributed by atoms with Gasteiger partial charge in [-0.1, -0.05) is 42.5 Å². The predicted molar refractivity (Wildman–Crippen MR) is 140 cm³/mol. The molecule has 2 heterocycles. The average molecular weight is 486 g/mol. The fraction of sp³-hybridized carbons (Fsp3) is 0.400. The number of piperidine rings is 1. The summed E-state index contributed by atoms with van der Waals surface area (Å²) in [5.74, 6) is 1.46. The maximum Gasteiger partial charge on any atom is 0.272 e. The van der Waals surface area contributed by atoms with Gasteiger partial charge in [-0.05, 0) is 80.9 Å². The number of hydrogen-bond donors (Lipinski definition) is 1. The van der Waals surface area contributed by atoms with Gasteiger partial charge in [0.15, 0.2) is 0 Å². The number of aromatic hydroxyl groups is 1. The van der Waals surface area contributed by atoms with Gasteiger partial charge >= 0.3 is 0 Å². The Morgan fingerprint density at radius 3 is 2.44 bits per heavy atom. The summed E-state index contributed by atoms with van der Waals surface area (Å²) in [5.41, 5.74) is 2.64. The number of carbonyl (C=O) groups excluding carboxylic acids is 1. The molecule has 0 bridgehead atoms. The minimum absolute atomic E-state index is 0.0559. The van der Waals surface area contributed by atoms with Crippen LogP contribution in [0.5, 0.6) is 11.5 Å². The van der Waals surface area contributed by atoms with E-state index in [-0.39, 0.29) is 17.7 Å². The first-order valence-corrected chi connectivity index (χ1v) is 13.0. The molecular weight excluding hydrogens is 450 g/mol. The molecule has 2 aliphatic rings. The van der Waals surface area contributed by atoms with Gasteiger partial charge in [-0.2, -0.15) is 0 Å². The van der Waals surface area contributed by atoms with E-state index < -0.39 is 0 Å². The highest BCUT2D eigenvalue weighted by molar-refractivity contribution is 5.93. The highest BCUT2D eigenvalue weighted by Crippen LogP contribution is 2.37. The molecule has 5 rings (SSSR count). The first kappa shape index (κ1) is 24.3. The second-order valence-corrected chi connectivity index (χ2v) is 9.99. The molecule has 1 aliphatic carbocycles. The van der Waals surface area contributed by atoms with Crippen LogP contribution >= 0.6 is 0 Å². The number of nitrogens with zero attached hydrogens (tertiary/aromatic N) is 3. The van der Waals surface area contributed by atoms with Gasteiger partial charge in [0, 0.05) is 30.4 Å². The number of carbonyl (C=O) groups is 1. The molecular formula is C30H35N3O3. The molecule has 36 heavy (non-hydrogen) atoms. The number of amides is 1. The third kappa shape index (κ3) is 5.54. The summed E-state index contributed by atoms with van der Waals surface area (Å²) in [6, 6.07) is 22.0. The van der Waals surface area contributed by atoms with Crippen molar-refractivity contribution in [1.82, 2.24) is 14.8 Å². The van der Waals surface area contributed by atoms with Gasteiger partial charge in [-0.25, -0.2) is 0 Å². The maximum atomic E-state index is 13.7. The Hall–Kier alpha value is -3.38. The van der Waals surface area contributed by atoms with Gasteiger partial charge < -0.3 is 14.7 Å². The number of pyridine rings is 1. The molecule has 1 atom stereocenters. The van der Waals surface area contributed by atoms with Crippen molar-refractivity contribution in [2.45, 2.75) is 50.7 Å². The van der Waals surface area contributed by atoms with Gasteiger partial charge in [0.1, 0.15) is 17.2 Å². The summed E-state index contributed by atoms with van der Waals surface area (Å²) in [7, 11) is 1.64. The van der Waals surface area contributed by atoms with Crippen LogP contribution in [0.15, 0.2) is 72.9 Å². The van der Waals surface area contributed by atoms with Crippen molar-refractivity contribution in [3.05, 3.63) is 89.7 Å². The zero-order chi connectivity index (χ0) is 24.9. The van der Waals surface area contributed by atoms with E-state index in [1.165, 1.54) is 5.56 Å². The molecule has 0 radical (unpaired) electrons. The van der Waals surface area contributed by atoms with Crippen LogP contribution in [0.2, 0.25) is 0 Å². The molecule has 6 nitrogen and oxygen atoms in total. The van der Waals surface area contributed by atoms with E-state index in [1.807, 2.05) is 36.4 Å². The number of rotatable bonds is 9. The minimum Gasteiger partial charge on any atom is -0.507 e. The standard InChI is InChI=1S/C30H35N3O3/c1-36-29-12-7-11-28(34)25(29)21-32-18-15-23(16-19-32)27(20-22-8-3-2-4-9-22)33(24-13-14-24)30(35)26-10-5-6-17-31-26/h2-12,17,23-24,27,34H,13-16,18-21H2,1H3. The minimum atomic E-state index is 0.0559. The first-order valence-electron chi connectivity index (χ1n) is 13.0. The van der Waals surface area contributed by atoms with Crippen LogP contribution in [0.1, 0.15) is 47.3 Å². The van der Waals surface area contributed by atoms with Crippen LogP contribution in [0, 0.1) is 5.92 Å². The summed E-state index contributed by atoms with van der Waals surface area (Å²) in [5, 5.41) is 10.4. The second kappa shape index (κ2) is 11.1. The maximum absolute atomic E-state index is 13.7. The lowest BCUT2D eigenvalue weighted by atomic mass is 9.84. The molecule has 188 valence electrons. The molecule has 2 fully saturated rings. The van der Waals surface area contributed by atoms with Crippen molar-refractivity contribution >= 4 is 5.91 Å². The Morgan fingerprint density at radius 2 is 1.78 bits per heavy atom. The molecule has 1 aromatic heterocycles. The molecule has 1 saturated carbocycles. The highest BCUT2D eigenvalue weighted by Gasteiger charge is 2.42. The Morgan fingerprint density at radius 1 is 1.03 bits per heavy atom. The molecule has 0 spiro atoms.